The standard InChI is InChI=1S/C22H33N5O/c1-5-28-15-27-14-19-18-13-17(9-7-6-8-12-26(4)16(2)3)10-11-20(18)24-22(23)21(19)25-27/h10-11,13-14,16H,5-9,12,15H2,1-4H3,(H2,23,24). The lowest BCUT2D eigenvalue weighted by Crippen LogP contribution is -2.27. The molecule has 2 aromatic heterocycles. The average molecular weight is 384 g/mol. The minimum Gasteiger partial charge on any atom is -0.382 e. The highest BCUT2D eigenvalue weighted by Crippen LogP contribution is 2.28. The van der Waals surface area contributed by atoms with Gasteiger partial charge in [0.05, 0.1) is 5.52 Å². The van der Waals surface area contributed by atoms with E-state index in [0.29, 0.717) is 25.2 Å². The van der Waals surface area contributed by atoms with Crippen LogP contribution in [-0.2, 0) is 17.9 Å². The Balaban J connectivity index is 1.72. The molecule has 6 nitrogen and oxygen atoms in total. The Hall–Kier alpha value is -2.18. The van der Waals surface area contributed by atoms with Crippen LogP contribution in [-0.4, -0.2) is 45.9 Å². The van der Waals surface area contributed by atoms with Crippen LogP contribution in [0.25, 0.3) is 21.8 Å². The molecule has 6 heteroatoms. The summed E-state index contributed by atoms with van der Waals surface area (Å²) in [5.74, 6) is 0.472. The van der Waals surface area contributed by atoms with Crippen LogP contribution in [0.15, 0.2) is 24.4 Å². The summed E-state index contributed by atoms with van der Waals surface area (Å²) in [4.78, 5) is 6.95. The number of ether oxygens (including phenoxy) is 1. The van der Waals surface area contributed by atoms with Crippen molar-refractivity contribution in [2.75, 3.05) is 25.9 Å². The molecule has 0 saturated heterocycles. The first-order chi connectivity index (χ1) is 13.5. The molecule has 0 radical (unpaired) electrons. The first kappa shape index (κ1) is 20.6. The molecule has 1 aromatic carbocycles. The van der Waals surface area contributed by atoms with E-state index in [2.05, 4.69) is 54.1 Å². The van der Waals surface area contributed by atoms with Crippen molar-refractivity contribution in [3.8, 4) is 0 Å². The van der Waals surface area contributed by atoms with E-state index >= 15 is 0 Å². The van der Waals surface area contributed by atoms with E-state index in [0.717, 1.165) is 34.8 Å². The first-order valence-corrected chi connectivity index (χ1v) is 10.3. The number of hydrogen-bond donors (Lipinski definition) is 1. The summed E-state index contributed by atoms with van der Waals surface area (Å²) in [5, 5.41) is 6.71. The fraction of sp³-hybridized carbons (Fsp3) is 0.545. The van der Waals surface area contributed by atoms with Gasteiger partial charge in [0.25, 0.3) is 0 Å². The zero-order chi connectivity index (χ0) is 20.1. The zero-order valence-corrected chi connectivity index (χ0v) is 17.6. The van der Waals surface area contributed by atoms with Gasteiger partial charge in [0.2, 0.25) is 0 Å². The quantitative estimate of drug-likeness (QED) is 0.531. The molecule has 0 amide bonds. The van der Waals surface area contributed by atoms with Crippen LogP contribution < -0.4 is 5.73 Å². The molecule has 0 bridgehead atoms. The van der Waals surface area contributed by atoms with Crippen LogP contribution in [0.4, 0.5) is 5.82 Å². The van der Waals surface area contributed by atoms with Gasteiger partial charge in [-0.15, -0.1) is 0 Å². The number of anilines is 1. The largest absolute Gasteiger partial charge is 0.382 e. The zero-order valence-electron chi connectivity index (χ0n) is 17.6. The van der Waals surface area contributed by atoms with Gasteiger partial charge in [-0.25, -0.2) is 9.67 Å². The monoisotopic (exact) mass is 383 g/mol. The smallest absolute Gasteiger partial charge is 0.152 e. The molecule has 152 valence electrons. The van der Waals surface area contributed by atoms with Gasteiger partial charge in [0.1, 0.15) is 12.2 Å². The third-order valence-corrected chi connectivity index (χ3v) is 5.38. The van der Waals surface area contributed by atoms with Crippen LogP contribution in [0, 0.1) is 0 Å². The number of unbranched alkanes of at least 4 members (excludes halogenated alkanes) is 2. The van der Waals surface area contributed by atoms with Gasteiger partial charge in [-0.3, -0.25) is 0 Å². The number of nitrogens with zero attached hydrogens (tertiary/aromatic N) is 4. The second kappa shape index (κ2) is 9.34. The maximum absolute atomic E-state index is 6.13. The Kier molecular flexibility index (Phi) is 6.86. The summed E-state index contributed by atoms with van der Waals surface area (Å²) in [6, 6.07) is 7.11. The van der Waals surface area contributed by atoms with Crippen molar-refractivity contribution in [3.63, 3.8) is 0 Å². The molecular formula is C22H33N5O. The van der Waals surface area contributed by atoms with Crippen LogP contribution in [0.1, 0.15) is 45.6 Å². The highest BCUT2D eigenvalue weighted by atomic mass is 16.5. The lowest BCUT2D eigenvalue weighted by Gasteiger charge is -2.20. The van der Waals surface area contributed by atoms with Gasteiger partial charge < -0.3 is 15.4 Å². The number of aryl methyl sites for hydroxylation is 1. The van der Waals surface area contributed by atoms with Crippen LogP contribution in [0.5, 0.6) is 0 Å². The molecule has 28 heavy (non-hydrogen) atoms. The summed E-state index contributed by atoms with van der Waals surface area (Å²) < 4.78 is 7.26. The molecule has 3 rings (SSSR count). The minimum atomic E-state index is 0.427. The van der Waals surface area contributed by atoms with Crippen molar-refractivity contribution < 1.29 is 4.74 Å². The molecule has 0 atom stereocenters. The number of rotatable bonds is 10. The maximum atomic E-state index is 6.13. The SMILES string of the molecule is CCOCn1cc2c(n1)c(N)nc1ccc(CCCCCN(C)C(C)C)cc12. The van der Waals surface area contributed by atoms with Crippen LogP contribution >= 0.6 is 0 Å². The Labute approximate surface area is 167 Å². The molecule has 0 aliphatic heterocycles. The van der Waals surface area contributed by atoms with Crippen molar-refractivity contribution in [2.45, 2.75) is 59.2 Å². The summed E-state index contributed by atoms with van der Waals surface area (Å²) in [6.45, 7) is 8.71. The Morgan fingerprint density at radius 3 is 2.75 bits per heavy atom. The molecule has 3 aromatic rings. The van der Waals surface area contributed by atoms with Gasteiger partial charge in [-0.1, -0.05) is 12.5 Å². The topological polar surface area (TPSA) is 69.2 Å². The van der Waals surface area contributed by atoms with Crippen molar-refractivity contribution >= 4 is 27.6 Å². The van der Waals surface area contributed by atoms with E-state index in [-0.39, 0.29) is 0 Å². The Morgan fingerprint density at radius 1 is 1.18 bits per heavy atom. The number of nitrogens with two attached hydrogens (primary N) is 1. The van der Waals surface area contributed by atoms with E-state index < -0.39 is 0 Å². The van der Waals surface area contributed by atoms with E-state index in [1.54, 1.807) is 4.68 Å². The van der Waals surface area contributed by atoms with E-state index in [4.69, 9.17) is 10.5 Å². The number of aromatic nitrogens is 3. The lowest BCUT2D eigenvalue weighted by molar-refractivity contribution is 0.0797. The van der Waals surface area contributed by atoms with Gasteiger partial charge >= 0.3 is 0 Å². The fourth-order valence-corrected chi connectivity index (χ4v) is 3.42. The molecule has 0 aliphatic carbocycles. The summed E-state index contributed by atoms with van der Waals surface area (Å²) in [6.07, 6.45) is 6.79. The van der Waals surface area contributed by atoms with E-state index in [1.807, 2.05) is 13.1 Å². The van der Waals surface area contributed by atoms with Crippen molar-refractivity contribution in [3.05, 3.63) is 30.0 Å². The number of nitrogen functional groups attached to an aromatic ring is 1. The van der Waals surface area contributed by atoms with E-state index in [1.165, 1.54) is 24.8 Å². The third kappa shape index (κ3) is 4.80. The molecule has 0 fully saturated rings. The lowest BCUT2D eigenvalue weighted by atomic mass is 10.0. The van der Waals surface area contributed by atoms with Gasteiger partial charge in [-0.2, -0.15) is 5.10 Å². The molecule has 2 N–H and O–H groups in total. The minimum absolute atomic E-state index is 0.427. The predicted octanol–water partition coefficient (Wildman–Crippen LogP) is 4.21. The molecule has 0 saturated carbocycles. The number of hydrogen-bond acceptors (Lipinski definition) is 5. The van der Waals surface area contributed by atoms with Gasteiger partial charge in [-0.05, 0) is 71.3 Å². The van der Waals surface area contributed by atoms with Crippen LogP contribution in [0.2, 0.25) is 0 Å². The Morgan fingerprint density at radius 2 is 2.00 bits per heavy atom. The highest BCUT2D eigenvalue weighted by Gasteiger charge is 2.11. The third-order valence-electron chi connectivity index (χ3n) is 5.38. The average Bonchev–Trinajstić information content (AvgIpc) is 3.11. The molecule has 0 unspecified atom stereocenters. The predicted molar refractivity (Wildman–Crippen MR) is 116 cm³/mol. The fourth-order valence-electron chi connectivity index (χ4n) is 3.42. The number of pyridine rings is 1. The summed E-state index contributed by atoms with van der Waals surface area (Å²) in [7, 11) is 2.20. The summed E-state index contributed by atoms with van der Waals surface area (Å²) >= 11 is 0. The number of benzene rings is 1. The van der Waals surface area contributed by atoms with Crippen molar-refractivity contribution in [1.29, 1.82) is 0 Å². The van der Waals surface area contributed by atoms with Crippen LogP contribution in [0.3, 0.4) is 0 Å². The summed E-state index contributed by atoms with van der Waals surface area (Å²) in [5.41, 5.74) is 9.14. The maximum Gasteiger partial charge on any atom is 0.152 e. The van der Waals surface area contributed by atoms with Gasteiger partial charge in [0.15, 0.2) is 5.82 Å². The molecule has 2 heterocycles. The normalized spacial score (nSPS) is 12.1. The van der Waals surface area contributed by atoms with Crippen molar-refractivity contribution in [2.24, 2.45) is 0 Å². The first-order valence-electron chi connectivity index (χ1n) is 10.3. The van der Waals surface area contributed by atoms with Gasteiger partial charge in [0, 0.05) is 29.6 Å². The van der Waals surface area contributed by atoms with Crippen molar-refractivity contribution in [1.82, 2.24) is 19.7 Å². The molecular weight excluding hydrogens is 350 g/mol. The molecule has 0 spiro atoms. The second-order valence-corrected chi connectivity index (χ2v) is 7.79. The Bertz CT molecular complexity index is 918. The second-order valence-electron chi connectivity index (χ2n) is 7.79. The number of fused-ring (bicyclic) bond motifs is 3. The van der Waals surface area contributed by atoms with E-state index in [9.17, 15) is 0 Å². The molecule has 0 aliphatic rings. The highest BCUT2D eigenvalue weighted by molar-refractivity contribution is 6.08.